The molecule has 1 aliphatic rings. The van der Waals surface area contributed by atoms with Crippen LogP contribution < -0.4 is 0 Å². The Morgan fingerprint density at radius 2 is 1.83 bits per heavy atom. The predicted molar refractivity (Wildman–Crippen MR) is 117 cm³/mol. The Balaban J connectivity index is 1.49. The number of rotatable bonds is 8. The van der Waals surface area contributed by atoms with Gasteiger partial charge < -0.3 is 9.26 Å². The highest BCUT2D eigenvalue weighted by Crippen LogP contribution is 2.19. The number of aromatic nitrogens is 2. The molecule has 6 heteroatoms. The summed E-state index contributed by atoms with van der Waals surface area (Å²) in [6, 6.07) is 19.1. The third-order valence-corrected chi connectivity index (χ3v) is 5.56. The van der Waals surface area contributed by atoms with Gasteiger partial charge in [-0.25, -0.2) is 0 Å². The topological polar surface area (TPSA) is 54.6 Å². The van der Waals surface area contributed by atoms with Crippen LogP contribution in [0, 0.1) is 6.92 Å². The molecule has 158 valence electrons. The smallest absolute Gasteiger partial charge is 0.241 e. The van der Waals surface area contributed by atoms with Crippen LogP contribution in [-0.2, 0) is 17.8 Å². The van der Waals surface area contributed by atoms with E-state index in [0.29, 0.717) is 24.3 Å². The van der Waals surface area contributed by atoms with E-state index in [1.807, 2.05) is 12.1 Å². The average Bonchev–Trinajstić information content (AvgIpc) is 3.23. The minimum Gasteiger partial charge on any atom is -0.379 e. The van der Waals surface area contributed by atoms with Crippen LogP contribution >= 0.6 is 0 Å². The second-order valence-electron chi connectivity index (χ2n) is 8.03. The fraction of sp³-hybridized carbons (Fsp3) is 0.417. The van der Waals surface area contributed by atoms with Gasteiger partial charge in [0.25, 0.3) is 0 Å². The predicted octanol–water partition coefficient (Wildman–Crippen LogP) is 3.77. The minimum atomic E-state index is 0.345. The van der Waals surface area contributed by atoms with Crippen LogP contribution in [0.2, 0.25) is 0 Å². The Hall–Kier alpha value is -2.54. The maximum Gasteiger partial charge on any atom is 0.241 e. The molecule has 30 heavy (non-hydrogen) atoms. The number of morpholine rings is 1. The molecule has 1 atom stereocenters. The molecular formula is C24H30N4O2. The van der Waals surface area contributed by atoms with Crippen molar-refractivity contribution in [3.63, 3.8) is 0 Å². The summed E-state index contributed by atoms with van der Waals surface area (Å²) in [6.07, 6.45) is 0. The zero-order chi connectivity index (χ0) is 20.8. The molecule has 0 radical (unpaired) electrons. The van der Waals surface area contributed by atoms with Crippen LogP contribution in [0.25, 0.3) is 11.4 Å². The van der Waals surface area contributed by atoms with Gasteiger partial charge in [-0.05, 0) is 25.5 Å². The van der Waals surface area contributed by atoms with Gasteiger partial charge in [-0.3, -0.25) is 9.80 Å². The van der Waals surface area contributed by atoms with Gasteiger partial charge in [0.2, 0.25) is 11.7 Å². The van der Waals surface area contributed by atoms with Crippen LogP contribution in [0.4, 0.5) is 0 Å². The molecular weight excluding hydrogens is 376 g/mol. The van der Waals surface area contributed by atoms with E-state index in [2.05, 4.69) is 76.3 Å². The third kappa shape index (κ3) is 5.53. The van der Waals surface area contributed by atoms with Crippen molar-refractivity contribution in [3.05, 3.63) is 71.6 Å². The van der Waals surface area contributed by atoms with Gasteiger partial charge in [-0.2, -0.15) is 4.98 Å². The zero-order valence-electron chi connectivity index (χ0n) is 17.8. The molecule has 0 bridgehead atoms. The highest BCUT2D eigenvalue weighted by atomic mass is 16.5. The molecule has 0 aliphatic carbocycles. The normalized spacial score (nSPS) is 16.1. The highest BCUT2D eigenvalue weighted by Gasteiger charge is 2.22. The fourth-order valence-electron chi connectivity index (χ4n) is 3.85. The van der Waals surface area contributed by atoms with Crippen molar-refractivity contribution in [1.82, 2.24) is 19.9 Å². The Morgan fingerprint density at radius 1 is 1.03 bits per heavy atom. The Labute approximate surface area is 178 Å². The van der Waals surface area contributed by atoms with Crippen LogP contribution in [0.15, 0.2) is 59.1 Å². The molecule has 2 aromatic carbocycles. The van der Waals surface area contributed by atoms with Gasteiger partial charge in [-0.15, -0.1) is 0 Å². The van der Waals surface area contributed by atoms with E-state index in [0.717, 1.165) is 45.0 Å². The van der Waals surface area contributed by atoms with Crippen molar-refractivity contribution in [2.75, 3.05) is 32.8 Å². The largest absolute Gasteiger partial charge is 0.379 e. The average molecular weight is 407 g/mol. The lowest BCUT2D eigenvalue weighted by atomic mass is 10.1. The summed E-state index contributed by atoms with van der Waals surface area (Å²) in [5.74, 6) is 1.30. The number of benzene rings is 2. The number of hydrogen-bond acceptors (Lipinski definition) is 6. The molecule has 1 aliphatic heterocycles. The zero-order valence-corrected chi connectivity index (χ0v) is 17.8. The van der Waals surface area contributed by atoms with Crippen molar-refractivity contribution in [2.24, 2.45) is 0 Å². The molecule has 1 aromatic heterocycles. The van der Waals surface area contributed by atoms with Crippen LogP contribution in [0.1, 0.15) is 23.9 Å². The highest BCUT2D eigenvalue weighted by molar-refractivity contribution is 5.55. The number of ether oxygens (including phenoxy) is 1. The number of aryl methyl sites for hydroxylation is 1. The first-order chi connectivity index (χ1) is 14.7. The lowest BCUT2D eigenvalue weighted by Crippen LogP contribution is -2.45. The minimum absolute atomic E-state index is 0.345. The molecule has 0 amide bonds. The fourth-order valence-corrected chi connectivity index (χ4v) is 3.85. The van der Waals surface area contributed by atoms with Crippen molar-refractivity contribution in [2.45, 2.75) is 33.0 Å². The molecule has 0 N–H and O–H groups in total. The maximum absolute atomic E-state index is 5.63. The summed E-state index contributed by atoms with van der Waals surface area (Å²) in [7, 11) is 0. The summed E-state index contributed by atoms with van der Waals surface area (Å²) in [6.45, 7) is 10.4. The third-order valence-electron chi connectivity index (χ3n) is 5.56. The standard InChI is InChI=1S/C24H30N4O2/c1-19-7-6-10-22(15-19)24-25-23(30-26-24)18-28(17-21-8-4-3-5-9-21)20(2)16-27-11-13-29-14-12-27/h3-10,15,20H,11-14,16-18H2,1-2H3. The van der Waals surface area contributed by atoms with Gasteiger partial charge in [0.15, 0.2) is 0 Å². The van der Waals surface area contributed by atoms with E-state index in [4.69, 9.17) is 9.26 Å². The first kappa shape index (κ1) is 20.7. The second kappa shape index (κ2) is 9.98. The van der Waals surface area contributed by atoms with E-state index < -0.39 is 0 Å². The molecule has 3 aromatic rings. The van der Waals surface area contributed by atoms with Gasteiger partial charge in [0, 0.05) is 37.8 Å². The summed E-state index contributed by atoms with van der Waals surface area (Å²) >= 11 is 0. The molecule has 4 rings (SSSR count). The van der Waals surface area contributed by atoms with E-state index in [-0.39, 0.29) is 0 Å². The SMILES string of the molecule is Cc1cccc(-c2noc(CN(Cc3ccccc3)C(C)CN3CCOCC3)n2)c1. The van der Waals surface area contributed by atoms with Crippen LogP contribution in [0.5, 0.6) is 0 Å². The monoisotopic (exact) mass is 406 g/mol. The first-order valence-electron chi connectivity index (χ1n) is 10.6. The van der Waals surface area contributed by atoms with Crippen molar-refractivity contribution >= 4 is 0 Å². The van der Waals surface area contributed by atoms with Crippen molar-refractivity contribution in [3.8, 4) is 11.4 Å². The van der Waals surface area contributed by atoms with Crippen molar-refractivity contribution < 1.29 is 9.26 Å². The van der Waals surface area contributed by atoms with E-state index >= 15 is 0 Å². The van der Waals surface area contributed by atoms with Gasteiger partial charge in [0.1, 0.15) is 0 Å². The van der Waals surface area contributed by atoms with E-state index in [9.17, 15) is 0 Å². The van der Waals surface area contributed by atoms with Crippen molar-refractivity contribution in [1.29, 1.82) is 0 Å². The summed E-state index contributed by atoms with van der Waals surface area (Å²) in [5.41, 5.74) is 3.45. The van der Waals surface area contributed by atoms with Crippen LogP contribution in [-0.4, -0.2) is 58.8 Å². The lowest BCUT2D eigenvalue weighted by Gasteiger charge is -2.34. The number of nitrogens with zero attached hydrogens (tertiary/aromatic N) is 4. The van der Waals surface area contributed by atoms with Gasteiger partial charge in [0.05, 0.1) is 19.8 Å². The van der Waals surface area contributed by atoms with Crippen LogP contribution in [0.3, 0.4) is 0 Å². The maximum atomic E-state index is 5.63. The van der Waals surface area contributed by atoms with Gasteiger partial charge in [-0.1, -0.05) is 59.3 Å². The van der Waals surface area contributed by atoms with Gasteiger partial charge >= 0.3 is 0 Å². The number of hydrogen-bond donors (Lipinski definition) is 0. The Bertz CT molecular complexity index is 922. The lowest BCUT2D eigenvalue weighted by molar-refractivity contribution is 0.0214. The Kier molecular flexibility index (Phi) is 6.89. The second-order valence-corrected chi connectivity index (χ2v) is 8.03. The van der Waals surface area contributed by atoms with E-state index in [1.165, 1.54) is 11.1 Å². The molecule has 1 fully saturated rings. The molecule has 0 spiro atoms. The Morgan fingerprint density at radius 3 is 2.60 bits per heavy atom. The molecule has 2 heterocycles. The molecule has 6 nitrogen and oxygen atoms in total. The van der Waals surface area contributed by atoms with E-state index in [1.54, 1.807) is 0 Å². The quantitative estimate of drug-likeness (QED) is 0.568. The molecule has 1 saturated heterocycles. The summed E-state index contributed by atoms with van der Waals surface area (Å²) < 4.78 is 11.1. The first-order valence-corrected chi connectivity index (χ1v) is 10.6. The molecule has 0 saturated carbocycles. The molecule has 1 unspecified atom stereocenters. The summed E-state index contributed by atoms with van der Waals surface area (Å²) in [5, 5.41) is 4.22. The summed E-state index contributed by atoms with van der Waals surface area (Å²) in [4.78, 5) is 9.56.